The van der Waals surface area contributed by atoms with Crippen LogP contribution in [0.4, 0.5) is 0 Å². The van der Waals surface area contributed by atoms with Crippen molar-refractivity contribution in [1.29, 1.82) is 0 Å². The Hall–Kier alpha value is 0.0700. The minimum atomic E-state index is -0.273. The Morgan fingerprint density at radius 2 is 2.44 bits per heavy atom. The summed E-state index contributed by atoms with van der Waals surface area (Å²) in [6.07, 6.45) is 0.344. The van der Waals surface area contributed by atoms with Crippen LogP contribution in [0.25, 0.3) is 0 Å². The second-order valence-corrected chi connectivity index (χ2v) is 2.34. The van der Waals surface area contributed by atoms with Gasteiger partial charge < -0.3 is 4.74 Å². The molecule has 54 valence electrons. The zero-order chi connectivity index (χ0) is 7.28. The summed E-state index contributed by atoms with van der Waals surface area (Å²) >= 11 is 0.815. The number of amides is 1. The molecule has 0 aliphatic heterocycles. The van der Waals surface area contributed by atoms with Crippen LogP contribution in [0.1, 0.15) is 6.92 Å². The van der Waals surface area contributed by atoms with Crippen molar-refractivity contribution in [3.8, 4) is 0 Å². The number of nitrogens with zero attached hydrogens (tertiary/aromatic N) is 1. The van der Waals surface area contributed by atoms with E-state index >= 15 is 0 Å². The number of carbonyl (C=O) groups is 1. The Morgan fingerprint density at radius 3 is 2.56 bits per heavy atom. The molecule has 0 aliphatic rings. The fraction of sp³-hybridized carbons (Fsp3) is 0.750. The van der Waals surface area contributed by atoms with Gasteiger partial charge in [0.05, 0.1) is 11.2 Å². The molecule has 0 radical (unpaired) electrons. The number of hydrogen-bond acceptors (Lipinski definition) is 3. The van der Waals surface area contributed by atoms with E-state index in [1.165, 1.54) is 11.4 Å². The molecule has 0 heterocycles. The highest BCUT2D eigenvalue weighted by atomic mass is 35.7. The van der Waals surface area contributed by atoms with Gasteiger partial charge in [0.15, 0.2) is 0 Å². The fourth-order valence-corrected chi connectivity index (χ4v) is 0.927. The van der Waals surface area contributed by atoms with Crippen LogP contribution in [0.2, 0.25) is 0 Å². The molecule has 0 N–H and O–H groups in total. The van der Waals surface area contributed by atoms with E-state index in [2.05, 4.69) is 0 Å². The van der Waals surface area contributed by atoms with E-state index in [9.17, 15) is 4.79 Å². The summed E-state index contributed by atoms with van der Waals surface area (Å²) in [6, 6.07) is 0. The third-order valence-electron chi connectivity index (χ3n) is 0.883. The Bertz CT molecular complexity index is 92.6. The molecule has 0 aromatic rings. The van der Waals surface area contributed by atoms with Gasteiger partial charge in [0, 0.05) is 7.11 Å². The third kappa shape index (κ3) is 2.93. The average molecular weight is 170 g/mol. The van der Waals surface area contributed by atoms with E-state index in [0.717, 1.165) is 11.2 Å². The van der Waals surface area contributed by atoms with Crippen molar-refractivity contribution < 1.29 is 9.53 Å². The number of hydrogen-bond donors (Lipinski definition) is 0. The van der Waals surface area contributed by atoms with Gasteiger partial charge in [-0.2, -0.15) is 0 Å². The van der Waals surface area contributed by atoms with Gasteiger partial charge in [-0.1, -0.05) is 0 Å². The SMILES string of the molecule is COC(C)N(C=O)SCl. The summed E-state index contributed by atoms with van der Waals surface area (Å²) in [5.74, 6) is 0. The van der Waals surface area contributed by atoms with E-state index in [1.807, 2.05) is 0 Å². The van der Waals surface area contributed by atoms with Gasteiger partial charge >= 0.3 is 0 Å². The quantitative estimate of drug-likeness (QED) is 0.360. The highest BCUT2D eigenvalue weighted by Crippen LogP contribution is 2.15. The van der Waals surface area contributed by atoms with Gasteiger partial charge in [-0.3, -0.25) is 4.79 Å². The summed E-state index contributed by atoms with van der Waals surface area (Å²) in [5, 5.41) is 0. The summed E-state index contributed by atoms with van der Waals surface area (Å²) in [7, 11) is 6.78. The van der Waals surface area contributed by atoms with Gasteiger partial charge in [0.2, 0.25) is 6.41 Å². The van der Waals surface area contributed by atoms with Crippen LogP contribution in [-0.2, 0) is 9.53 Å². The smallest absolute Gasteiger partial charge is 0.222 e. The zero-order valence-electron chi connectivity index (χ0n) is 5.20. The first-order chi connectivity index (χ1) is 4.26. The summed E-state index contributed by atoms with van der Waals surface area (Å²) in [5.41, 5.74) is 0. The number of halogens is 1. The first-order valence-corrected chi connectivity index (χ1v) is 3.91. The summed E-state index contributed by atoms with van der Waals surface area (Å²) in [4.78, 5) is 10.1. The Morgan fingerprint density at radius 1 is 1.89 bits per heavy atom. The molecule has 9 heavy (non-hydrogen) atoms. The Kier molecular flexibility index (Phi) is 4.94. The second-order valence-electron chi connectivity index (χ2n) is 1.37. The van der Waals surface area contributed by atoms with Gasteiger partial charge in [0.1, 0.15) is 6.23 Å². The monoisotopic (exact) mass is 169 g/mol. The van der Waals surface area contributed by atoms with Crippen LogP contribution in [0, 0.1) is 0 Å². The molecule has 1 unspecified atom stereocenters. The van der Waals surface area contributed by atoms with Crippen LogP contribution in [0.5, 0.6) is 0 Å². The van der Waals surface area contributed by atoms with Crippen molar-refractivity contribution in [2.24, 2.45) is 0 Å². The number of carbonyl (C=O) groups excluding carboxylic acids is 1. The highest BCUT2D eigenvalue weighted by Gasteiger charge is 2.08. The molecule has 0 aliphatic carbocycles. The van der Waals surface area contributed by atoms with E-state index in [0.29, 0.717) is 6.41 Å². The van der Waals surface area contributed by atoms with Crippen LogP contribution >= 0.6 is 21.8 Å². The normalized spacial score (nSPS) is 12.8. The molecule has 0 saturated heterocycles. The summed E-state index contributed by atoms with van der Waals surface area (Å²) < 4.78 is 6.04. The number of ether oxygens (including phenoxy) is 1. The van der Waals surface area contributed by atoms with Crippen LogP contribution in [0.15, 0.2) is 0 Å². The molecule has 0 spiro atoms. The molecule has 5 heteroatoms. The maximum absolute atomic E-state index is 10.1. The lowest BCUT2D eigenvalue weighted by Crippen LogP contribution is -2.25. The number of methoxy groups -OCH3 is 1. The van der Waals surface area contributed by atoms with E-state index in [-0.39, 0.29) is 6.23 Å². The molecule has 0 aromatic carbocycles. The number of rotatable bonds is 4. The molecule has 0 fully saturated rings. The van der Waals surface area contributed by atoms with Crippen molar-refractivity contribution in [2.45, 2.75) is 13.2 Å². The molecule has 3 nitrogen and oxygen atoms in total. The second kappa shape index (κ2) is 4.90. The molecule has 0 saturated carbocycles. The predicted molar refractivity (Wildman–Crippen MR) is 37.8 cm³/mol. The molecular formula is C4H8ClNO2S. The Labute approximate surface area is 62.9 Å². The topological polar surface area (TPSA) is 29.5 Å². The maximum atomic E-state index is 10.1. The van der Waals surface area contributed by atoms with Crippen LogP contribution < -0.4 is 0 Å². The van der Waals surface area contributed by atoms with E-state index in [1.54, 1.807) is 6.92 Å². The van der Waals surface area contributed by atoms with Crippen LogP contribution in [0.3, 0.4) is 0 Å². The van der Waals surface area contributed by atoms with Gasteiger partial charge in [-0.15, -0.1) is 0 Å². The van der Waals surface area contributed by atoms with Crippen LogP contribution in [-0.4, -0.2) is 24.1 Å². The van der Waals surface area contributed by atoms with Crippen molar-refractivity contribution in [2.75, 3.05) is 7.11 Å². The Balaban J connectivity index is 3.63. The van der Waals surface area contributed by atoms with Gasteiger partial charge in [-0.05, 0) is 17.6 Å². The molecule has 1 amide bonds. The minimum Gasteiger partial charge on any atom is -0.361 e. The van der Waals surface area contributed by atoms with Gasteiger partial charge in [-0.25, -0.2) is 4.31 Å². The van der Waals surface area contributed by atoms with Crippen molar-refractivity contribution >= 4 is 28.3 Å². The first-order valence-electron chi connectivity index (χ1n) is 2.31. The molecule has 0 rings (SSSR count). The van der Waals surface area contributed by atoms with Crippen molar-refractivity contribution in [3.63, 3.8) is 0 Å². The lowest BCUT2D eigenvalue weighted by molar-refractivity contribution is -0.119. The molecule has 0 aromatic heterocycles. The minimum absolute atomic E-state index is 0.273. The maximum Gasteiger partial charge on any atom is 0.222 e. The first kappa shape index (κ1) is 9.07. The standard InChI is InChI=1S/C4H8ClNO2S/c1-4(8-2)6(3-7)9-5/h3-4H,1-2H3. The van der Waals surface area contributed by atoms with E-state index < -0.39 is 0 Å². The lowest BCUT2D eigenvalue weighted by atomic mass is 10.7. The molecule has 0 bridgehead atoms. The predicted octanol–water partition coefficient (Wildman–Crippen LogP) is 1.24. The molecular weight excluding hydrogens is 162 g/mol. The molecule has 1 atom stereocenters. The zero-order valence-corrected chi connectivity index (χ0v) is 6.78. The van der Waals surface area contributed by atoms with Gasteiger partial charge in [0.25, 0.3) is 0 Å². The van der Waals surface area contributed by atoms with Crippen molar-refractivity contribution in [1.82, 2.24) is 4.31 Å². The fourth-order valence-electron chi connectivity index (χ4n) is 0.262. The summed E-state index contributed by atoms with van der Waals surface area (Å²) in [6.45, 7) is 1.73. The van der Waals surface area contributed by atoms with Crippen molar-refractivity contribution in [3.05, 3.63) is 0 Å². The van der Waals surface area contributed by atoms with E-state index in [4.69, 9.17) is 15.4 Å². The third-order valence-corrected chi connectivity index (χ3v) is 1.90. The highest BCUT2D eigenvalue weighted by molar-refractivity contribution is 8.19. The average Bonchev–Trinajstić information content (AvgIpc) is 1.90. The lowest BCUT2D eigenvalue weighted by Gasteiger charge is -2.17. The largest absolute Gasteiger partial charge is 0.361 e.